The van der Waals surface area contributed by atoms with Crippen molar-refractivity contribution in [3.05, 3.63) is 0 Å². The van der Waals surface area contributed by atoms with E-state index in [-0.39, 0.29) is 0 Å². The van der Waals surface area contributed by atoms with Gasteiger partial charge in [0.1, 0.15) is 0 Å². The minimum absolute atomic E-state index is 0.463. The summed E-state index contributed by atoms with van der Waals surface area (Å²) in [5.41, 5.74) is 6.03. The largest absolute Gasteiger partial charge is 0.328 e. The van der Waals surface area contributed by atoms with Crippen LogP contribution < -0.4 is 5.73 Å². The first kappa shape index (κ1) is 10.8. The van der Waals surface area contributed by atoms with Crippen molar-refractivity contribution in [2.24, 2.45) is 5.73 Å². The molecule has 1 heterocycles. The van der Waals surface area contributed by atoms with E-state index in [0.29, 0.717) is 6.04 Å². The van der Waals surface area contributed by atoms with Gasteiger partial charge in [0, 0.05) is 23.9 Å². The Balaban J connectivity index is 1.86. The molecule has 1 saturated carbocycles. The van der Waals surface area contributed by atoms with Crippen LogP contribution in [0, 0.1) is 0 Å². The van der Waals surface area contributed by atoms with Gasteiger partial charge in [0.05, 0.1) is 0 Å². The van der Waals surface area contributed by atoms with Gasteiger partial charge in [-0.3, -0.25) is 4.90 Å². The van der Waals surface area contributed by atoms with Gasteiger partial charge in [-0.15, -0.1) is 0 Å². The van der Waals surface area contributed by atoms with E-state index in [1.54, 1.807) is 0 Å². The second kappa shape index (κ2) is 4.86. The van der Waals surface area contributed by atoms with Crippen LogP contribution in [0.4, 0.5) is 0 Å². The van der Waals surface area contributed by atoms with E-state index in [9.17, 15) is 0 Å². The summed E-state index contributed by atoms with van der Waals surface area (Å²) in [5.74, 6) is 2.69. The van der Waals surface area contributed by atoms with Crippen molar-refractivity contribution in [2.75, 3.05) is 18.6 Å². The SMILES string of the molecule is CN(C1CCSC1)C1CCCC(N)C1. The average Bonchev–Trinajstić information content (AvgIpc) is 2.69. The van der Waals surface area contributed by atoms with Crippen molar-refractivity contribution >= 4 is 11.8 Å². The molecule has 82 valence electrons. The molecule has 2 aliphatic rings. The molecule has 0 bridgehead atoms. The summed E-state index contributed by atoms with van der Waals surface area (Å²) in [6, 6.07) is 2.06. The van der Waals surface area contributed by atoms with Gasteiger partial charge in [-0.25, -0.2) is 0 Å². The van der Waals surface area contributed by atoms with Crippen LogP contribution in [0.1, 0.15) is 32.1 Å². The molecule has 3 heteroatoms. The topological polar surface area (TPSA) is 29.3 Å². The van der Waals surface area contributed by atoms with E-state index in [0.717, 1.165) is 12.1 Å². The third-order valence-electron chi connectivity index (χ3n) is 3.74. The fourth-order valence-electron chi connectivity index (χ4n) is 2.71. The van der Waals surface area contributed by atoms with Crippen molar-refractivity contribution in [1.29, 1.82) is 0 Å². The maximum Gasteiger partial charge on any atom is 0.0194 e. The second-order valence-electron chi connectivity index (χ2n) is 4.76. The maximum absolute atomic E-state index is 6.03. The summed E-state index contributed by atoms with van der Waals surface area (Å²) >= 11 is 2.10. The van der Waals surface area contributed by atoms with Crippen molar-refractivity contribution in [3.8, 4) is 0 Å². The van der Waals surface area contributed by atoms with Crippen molar-refractivity contribution < 1.29 is 0 Å². The van der Waals surface area contributed by atoms with Crippen LogP contribution in [-0.4, -0.2) is 41.6 Å². The molecule has 0 aromatic rings. The maximum atomic E-state index is 6.03. The van der Waals surface area contributed by atoms with Gasteiger partial charge in [-0.1, -0.05) is 6.42 Å². The quantitative estimate of drug-likeness (QED) is 0.758. The lowest BCUT2D eigenvalue weighted by atomic mass is 9.90. The standard InChI is InChI=1S/C11H22N2S/c1-13(11-5-6-14-8-11)10-4-2-3-9(12)7-10/h9-11H,2-8,12H2,1H3. The zero-order valence-corrected chi connectivity index (χ0v) is 9.93. The number of hydrogen-bond acceptors (Lipinski definition) is 3. The number of nitrogens with two attached hydrogens (primary N) is 1. The third-order valence-corrected chi connectivity index (χ3v) is 4.89. The summed E-state index contributed by atoms with van der Waals surface area (Å²) in [5, 5.41) is 0. The molecule has 1 aliphatic carbocycles. The Morgan fingerprint density at radius 3 is 2.71 bits per heavy atom. The van der Waals surface area contributed by atoms with Crippen molar-refractivity contribution in [3.63, 3.8) is 0 Å². The molecule has 2 N–H and O–H groups in total. The van der Waals surface area contributed by atoms with Crippen LogP contribution in [0.15, 0.2) is 0 Å². The summed E-state index contributed by atoms with van der Waals surface area (Å²) < 4.78 is 0. The monoisotopic (exact) mass is 214 g/mol. The lowest BCUT2D eigenvalue weighted by Gasteiger charge is -2.37. The Morgan fingerprint density at radius 2 is 2.07 bits per heavy atom. The molecule has 3 atom stereocenters. The van der Waals surface area contributed by atoms with Crippen LogP contribution in [0.25, 0.3) is 0 Å². The number of hydrogen-bond donors (Lipinski definition) is 1. The highest BCUT2D eigenvalue weighted by molar-refractivity contribution is 7.99. The molecule has 3 unspecified atom stereocenters. The second-order valence-corrected chi connectivity index (χ2v) is 5.91. The van der Waals surface area contributed by atoms with Crippen molar-refractivity contribution in [2.45, 2.75) is 50.2 Å². The highest BCUT2D eigenvalue weighted by Crippen LogP contribution is 2.28. The van der Waals surface area contributed by atoms with Gasteiger partial charge >= 0.3 is 0 Å². The fourth-order valence-corrected chi connectivity index (χ4v) is 3.99. The summed E-state index contributed by atoms with van der Waals surface area (Å²) in [7, 11) is 2.30. The normalized spacial score (nSPS) is 39.2. The molecule has 0 spiro atoms. The first-order valence-electron chi connectivity index (χ1n) is 5.82. The Hall–Kier alpha value is 0.270. The zero-order valence-electron chi connectivity index (χ0n) is 9.11. The molecule has 0 aromatic heterocycles. The predicted octanol–water partition coefficient (Wildman–Crippen LogP) is 1.69. The summed E-state index contributed by atoms with van der Waals surface area (Å²) in [4.78, 5) is 2.61. The van der Waals surface area contributed by atoms with Crippen molar-refractivity contribution in [1.82, 2.24) is 4.90 Å². The fraction of sp³-hybridized carbons (Fsp3) is 1.00. The Bertz CT molecular complexity index is 180. The first-order chi connectivity index (χ1) is 6.77. The molecule has 0 aromatic carbocycles. The minimum atomic E-state index is 0.463. The van der Waals surface area contributed by atoms with E-state index < -0.39 is 0 Å². The van der Waals surface area contributed by atoms with Gasteiger partial charge in [-0.2, -0.15) is 11.8 Å². The van der Waals surface area contributed by atoms with Crippen LogP contribution >= 0.6 is 11.8 Å². The smallest absolute Gasteiger partial charge is 0.0194 e. The number of nitrogens with zero attached hydrogens (tertiary/aromatic N) is 1. The van der Waals surface area contributed by atoms with Gasteiger partial charge in [-0.05, 0) is 38.5 Å². The third kappa shape index (κ3) is 2.44. The Morgan fingerprint density at radius 1 is 1.21 bits per heavy atom. The van der Waals surface area contributed by atoms with Gasteiger partial charge in [0.2, 0.25) is 0 Å². The van der Waals surface area contributed by atoms with E-state index in [2.05, 4.69) is 23.7 Å². The lowest BCUT2D eigenvalue weighted by molar-refractivity contribution is 0.141. The van der Waals surface area contributed by atoms with E-state index >= 15 is 0 Å². The van der Waals surface area contributed by atoms with Gasteiger partial charge in [0.25, 0.3) is 0 Å². The molecule has 2 rings (SSSR count). The molecule has 14 heavy (non-hydrogen) atoms. The molecular weight excluding hydrogens is 192 g/mol. The van der Waals surface area contributed by atoms with Crippen LogP contribution in [-0.2, 0) is 0 Å². The minimum Gasteiger partial charge on any atom is -0.328 e. The predicted molar refractivity (Wildman–Crippen MR) is 63.7 cm³/mol. The highest BCUT2D eigenvalue weighted by Gasteiger charge is 2.28. The van der Waals surface area contributed by atoms with E-state index in [1.165, 1.54) is 43.6 Å². The lowest BCUT2D eigenvalue weighted by Crippen LogP contribution is -2.45. The van der Waals surface area contributed by atoms with Crippen LogP contribution in [0.3, 0.4) is 0 Å². The van der Waals surface area contributed by atoms with Crippen LogP contribution in [0.5, 0.6) is 0 Å². The highest BCUT2D eigenvalue weighted by atomic mass is 32.2. The van der Waals surface area contributed by atoms with Crippen LogP contribution in [0.2, 0.25) is 0 Å². The van der Waals surface area contributed by atoms with Gasteiger partial charge < -0.3 is 5.73 Å². The molecule has 0 radical (unpaired) electrons. The van der Waals surface area contributed by atoms with E-state index in [4.69, 9.17) is 5.73 Å². The average molecular weight is 214 g/mol. The molecule has 1 saturated heterocycles. The summed E-state index contributed by atoms with van der Waals surface area (Å²) in [6.45, 7) is 0. The Labute approximate surface area is 91.6 Å². The molecule has 1 aliphatic heterocycles. The first-order valence-corrected chi connectivity index (χ1v) is 6.98. The molecule has 2 nitrogen and oxygen atoms in total. The number of thioether (sulfide) groups is 1. The molecular formula is C11H22N2S. The van der Waals surface area contributed by atoms with E-state index in [1.807, 2.05) is 0 Å². The number of rotatable bonds is 2. The molecule has 2 fully saturated rings. The molecule has 0 amide bonds. The summed E-state index contributed by atoms with van der Waals surface area (Å²) in [6.07, 6.45) is 6.54. The zero-order chi connectivity index (χ0) is 9.97. The Kier molecular flexibility index (Phi) is 3.74. The van der Waals surface area contributed by atoms with Gasteiger partial charge in [0.15, 0.2) is 0 Å².